The van der Waals surface area contributed by atoms with Crippen molar-refractivity contribution >= 4 is 35.0 Å². The molecule has 41 heavy (non-hydrogen) atoms. The maximum Gasteiger partial charge on any atom is 0.331 e. The molecule has 0 bridgehead atoms. The molecule has 2 aliphatic carbocycles. The first kappa shape index (κ1) is 25.1. The van der Waals surface area contributed by atoms with Crippen LogP contribution >= 0.6 is 0 Å². The van der Waals surface area contributed by atoms with Crippen molar-refractivity contribution in [1.29, 1.82) is 0 Å². The van der Waals surface area contributed by atoms with Gasteiger partial charge >= 0.3 is 6.03 Å². The topological polar surface area (TPSA) is 148 Å². The zero-order valence-electron chi connectivity index (χ0n) is 22.5. The molecular weight excluding hydrogens is 526 g/mol. The summed E-state index contributed by atoms with van der Waals surface area (Å²) in [6, 6.07) is 5.04. The highest BCUT2D eigenvalue weighted by atomic mass is 16.5. The molecular formula is C28H27N9O4. The fourth-order valence-electron chi connectivity index (χ4n) is 5.13. The van der Waals surface area contributed by atoms with Crippen LogP contribution < -0.4 is 15.0 Å². The summed E-state index contributed by atoms with van der Waals surface area (Å²) in [4.78, 5) is 53.8. The quantitative estimate of drug-likeness (QED) is 0.325. The SMILES string of the molecule is Cc1ccnc([C@H]2C[C@@H]2C(=O)Nc2cc(OCc3cn4cc(C5CC5)cc(N5CC(=O)N(C)C5=O)c4n3)cnn2)n1. The van der Waals surface area contributed by atoms with Crippen LogP contribution in [0.3, 0.4) is 0 Å². The van der Waals surface area contributed by atoms with Gasteiger partial charge in [0.2, 0.25) is 11.8 Å². The number of carbonyl (C=O) groups excluding carboxylic acids is 3. The first-order chi connectivity index (χ1) is 19.8. The lowest BCUT2D eigenvalue weighted by molar-refractivity contribution is -0.124. The van der Waals surface area contributed by atoms with Crippen LogP contribution in [0.5, 0.6) is 5.75 Å². The van der Waals surface area contributed by atoms with Crippen molar-refractivity contribution in [3.05, 3.63) is 65.8 Å². The summed E-state index contributed by atoms with van der Waals surface area (Å²) in [6.45, 7) is 2.01. The largest absolute Gasteiger partial charge is 0.485 e. The number of anilines is 2. The highest BCUT2D eigenvalue weighted by molar-refractivity contribution is 6.13. The highest BCUT2D eigenvalue weighted by Gasteiger charge is 2.46. The number of ether oxygens (including phenoxy) is 1. The standard InChI is InChI=1S/C28H27N9O4/c1-15-5-6-29-25(31-15)20-9-21(20)27(39)33-23-8-19(10-30-34-23)41-14-18-12-36-11-17(16-3-4-16)7-22(26(36)32-18)37-13-24(38)35(2)28(37)40/h5-8,10-12,16,20-21H,3-4,9,13-14H2,1-2H3,(H,33,34,39)/t20-,21-/m0/s1. The van der Waals surface area contributed by atoms with Gasteiger partial charge in [0, 0.05) is 49.2 Å². The molecule has 0 unspecified atom stereocenters. The molecule has 13 heteroatoms. The molecule has 3 fully saturated rings. The van der Waals surface area contributed by atoms with Gasteiger partial charge in [0.05, 0.1) is 17.6 Å². The lowest BCUT2D eigenvalue weighted by Crippen LogP contribution is -2.30. The van der Waals surface area contributed by atoms with E-state index >= 15 is 0 Å². The van der Waals surface area contributed by atoms with Crippen molar-refractivity contribution in [3.8, 4) is 5.75 Å². The number of rotatable bonds is 8. The van der Waals surface area contributed by atoms with Gasteiger partial charge in [-0.05, 0) is 49.8 Å². The number of hydrogen-bond donors (Lipinski definition) is 1. The molecule has 4 aromatic rings. The van der Waals surface area contributed by atoms with E-state index in [9.17, 15) is 14.4 Å². The first-order valence-corrected chi connectivity index (χ1v) is 13.5. The lowest BCUT2D eigenvalue weighted by Gasteiger charge is -2.17. The van der Waals surface area contributed by atoms with E-state index in [0.717, 1.165) is 29.0 Å². The highest BCUT2D eigenvalue weighted by Crippen LogP contribution is 2.46. The summed E-state index contributed by atoms with van der Waals surface area (Å²) in [5, 5.41) is 10.8. The minimum absolute atomic E-state index is 0.00275. The van der Waals surface area contributed by atoms with Gasteiger partial charge in [-0.25, -0.2) is 19.7 Å². The van der Waals surface area contributed by atoms with E-state index in [4.69, 9.17) is 9.72 Å². The predicted molar refractivity (Wildman–Crippen MR) is 145 cm³/mol. The molecule has 13 nitrogen and oxygen atoms in total. The maximum absolute atomic E-state index is 12.8. The van der Waals surface area contributed by atoms with Crippen LogP contribution in [0.4, 0.5) is 16.3 Å². The molecule has 0 aromatic carbocycles. The van der Waals surface area contributed by atoms with Crippen LogP contribution in [-0.4, -0.2) is 65.9 Å². The van der Waals surface area contributed by atoms with Crippen LogP contribution in [0.2, 0.25) is 0 Å². The monoisotopic (exact) mass is 553 g/mol. The van der Waals surface area contributed by atoms with Crippen LogP contribution in [0.25, 0.3) is 5.65 Å². The third-order valence-electron chi connectivity index (χ3n) is 7.67. The summed E-state index contributed by atoms with van der Waals surface area (Å²) in [5.74, 6) is 1.20. The van der Waals surface area contributed by atoms with E-state index < -0.39 is 0 Å². The van der Waals surface area contributed by atoms with Crippen molar-refractivity contribution in [3.63, 3.8) is 0 Å². The second kappa shape index (κ2) is 9.61. The van der Waals surface area contributed by atoms with Crippen molar-refractivity contribution in [2.75, 3.05) is 23.8 Å². The molecule has 3 aliphatic rings. The number of likely N-dealkylation sites (N-methyl/N-ethyl adjacent to an activating group) is 1. The van der Waals surface area contributed by atoms with Gasteiger partial charge in [-0.3, -0.25) is 19.4 Å². The number of carbonyl (C=O) groups is 3. The average molecular weight is 554 g/mol. The fourth-order valence-corrected chi connectivity index (χ4v) is 5.13. The summed E-state index contributed by atoms with van der Waals surface area (Å²) >= 11 is 0. The number of pyridine rings is 1. The van der Waals surface area contributed by atoms with Crippen LogP contribution in [0.15, 0.2) is 43.0 Å². The lowest BCUT2D eigenvalue weighted by atomic mass is 10.1. The molecule has 2 atom stereocenters. The second-order valence-corrected chi connectivity index (χ2v) is 10.8. The molecule has 2 saturated carbocycles. The van der Waals surface area contributed by atoms with Crippen molar-refractivity contribution in [2.45, 2.75) is 44.6 Å². The summed E-state index contributed by atoms with van der Waals surface area (Å²) in [7, 11) is 1.48. The van der Waals surface area contributed by atoms with Crippen molar-refractivity contribution < 1.29 is 19.1 Å². The smallest absolute Gasteiger partial charge is 0.331 e. The Morgan fingerprint density at radius 1 is 1.17 bits per heavy atom. The van der Waals surface area contributed by atoms with Gasteiger partial charge in [0.25, 0.3) is 0 Å². The molecule has 4 amide bonds. The number of aryl methyl sites for hydroxylation is 1. The number of hydrogen-bond acceptors (Lipinski definition) is 9. The van der Waals surface area contributed by atoms with Crippen LogP contribution in [0.1, 0.15) is 53.9 Å². The number of imide groups is 1. The minimum Gasteiger partial charge on any atom is -0.485 e. The average Bonchev–Trinajstić information content (AvgIpc) is 3.89. The van der Waals surface area contributed by atoms with Gasteiger partial charge in [-0.2, -0.15) is 5.10 Å². The molecule has 0 radical (unpaired) electrons. The third kappa shape index (κ3) is 4.83. The number of aromatic nitrogens is 6. The Labute approximate surface area is 234 Å². The van der Waals surface area contributed by atoms with Gasteiger partial charge in [-0.1, -0.05) is 0 Å². The first-order valence-electron chi connectivity index (χ1n) is 13.5. The molecule has 208 valence electrons. The number of urea groups is 1. The third-order valence-corrected chi connectivity index (χ3v) is 7.67. The Bertz CT molecular complexity index is 1720. The summed E-state index contributed by atoms with van der Waals surface area (Å²) in [5.41, 5.74) is 3.79. The Hall–Kier alpha value is -4.94. The molecule has 5 heterocycles. The fraction of sp³-hybridized carbons (Fsp3) is 0.357. The Balaban J connectivity index is 1.05. The van der Waals surface area contributed by atoms with Crippen molar-refractivity contribution in [1.82, 2.24) is 34.4 Å². The van der Waals surface area contributed by atoms with E-state index in [1.54, 1.807) is 12.3 Å². The molecule has 0 spiro atoms. The van der Waals surface area contributed by atoms with Gasteiger partial charge < -0.3 is 14.5 Å². The van der Waals surface area contributed by atoms with Gasteiger partial charge in [0.15, 0.2) is 11.5 Å². The van der Waals surface area contributed by atoms with Gasteiger partial charge in [0.1, 0.15) is 24.7 Å². The number of nitrogens with zero attached hydrogens (tertiary/aromatic N) is 8. The van der Waals surface area contributed by atoms with E-state index in [-0.39, 0.29) is 48.7 Å². The Kier molecular flexibility index (Phi) is 5.87. The molecule has 4 aromatic heterocycles. The Morgan fingerprint density at radius 3 is 2.78 bits per heavy atom. The number of amides is 4. The Morgan fingerprint density at radius 2 is 2.02 bits per heavy atom. The zero-order chi connectivity index (χ0) is 28.2. The van der Waals surface area contributed by atoms with Gasteiger partial charge in [-0.15, -0.1) is 5.10 Å². The van der Waals surface area contributed by atoms with E-state index in [0.29, 0.717) is 40.9 Å². The van der Waals surface area contributed by atoms with E-state index in [1.807, 2.05) is 35.9 Å². The van der Waals surface area contributed by atoms with E-state index in [1.165, 1.54) is 18.1 Å². The number of nitrogens with one attached hydrogen (secondary N) is 1. The van der Waals surface area contributed by atoms with E-state index in [2.05, 4.69) is 25.5 Å². The predicted octanol–water partition coefficient (Wildman–Crippen LogP) is 2.82. The van der Waals surface area contributed by atoms with Crippen molar-refractivity contribution in [2.24, 2.45) is 5.92 Å². The normalized spacial score (nSPS) is 20.1. The molecule has 1 saturated heterocycles. The summed E-state index contributed by atoms with van der Waals surface area (Å²) in [6.07, 6.45) is 9.92. The zero-order valence-corrected chi connectivity index (χ0v) is 22.5. The summed E-state index contributed by atoms with van der Waals surface area (Å²) < 4.78 is 7.83. The maximum atomic E-state index is 12.8. The number of fused-ring (bicyclic) bond motifs is 1. The van der Waals surface area contributed by atoms with Crippen LogP contribution in [-0.2, 0) is 16.2 Å². The minimum atomic E-state index is -0.369. The van der Waals surface area contributed by atoms with Crippen LogP contribution in [0, 0.1) is 12.8 Å². The molecule has 7 rings (SSSR count). The number of imidazole rings is 1. The second-order valence-electron chi connectivity index (χ2n) is 10.8. The molecule has 1 N–H and O–H groups in total. The molecule has 1 aliphatic heterocycles.